The highest BCUT2D eigenvalue weighted by Crippen LogP contribution is 2.37. The highest BCUT2D eigenvalue weighted by molar-refractivity contribution is 5.22. The monoisotopic (exact) mass is 327 g/mol. The lowest BCUT2D eigenvalue weighted by atomic mass is 10.1. The molecule has 1 saturated carbocycles. The number of fused-ring (bicyclic) bond motifs is 2. The molecule has 1 aliphatic carbocycles. The molecule has 1 aliphatic heterocycles. The maximum Gasteiger partial charge on any atom is 0.177 e. The summed E-state index contributed by atoms with van der Waals surface area (Å²) in [6.45, 7) is 5.43. The van der Waals surface area contributed by atoms with Crippen LogP contribution in [-0.2, 0) is 17.8 Å². The maximum atomic E-state index is 5.47. The summed E-state index contributed by atoms with van der Waals surface area (Å²) in [5.41, 5.74) is 0. The molecule has 128 valence electrons. The summed E-state index contributed by atoms with van der Waals surface area (Å²) in [4.78, 5) is 11.8. The molecule has 2 atom stereocenters. The van der Waals surface area contributed by atoms with E-state index in [1.54, 1.807) is 6.20 Å². The number of pyridine rings is 1. The first-order valence-electron chi connectivity index (χ1n) is 9.01. The zero-order valence-corrected chi connectivity index (χ0v) is 14.3. The highest BCUT2D eigenvalue weighted by atomic mass is 16.5. The van der Waals surface area contributed by atoms with Crippen LogP contribution in [0.4, 0.5) is 0 Å². The molecule has 6 heteroatoms. The predicted molar refractivity (Wildman–Crippen MR) is 90.9 cm³/mol. The summed E-state index contributed by atoms with van der Waals surface area (Å²) < 4.78 is 7.35. The Labute approximate surface area is 142 Å². The molecule has 24 heavy (non-hydrogen) atoms. The number of rotatable bonds is 7. The molecule has 0 spiro atoms. The molecule has 4 rings (SSSR count). The Morgan fingerprint density at radius 1 is 1.29 bits per heavy atom. The normalized spacial score (nSPS) is 23.2. The van der Waals surface area contributed by atoms with Crippen LogP contribution in [0.15, 0.2) is 24.4 Å². The third-order valence-electron chi connectivity index (χ3n) is 5.16. The van der Waals surface area contributed by atoms with Gasteiger partial charge in [-0.05, 0) is 44.2 Å². The van der Waals surface area contributed by atoms with Crippen molar-refractivity contribution in [3.8, 4) is 5.82 Å². The fraction of sp³-hybridized carbons (Fsp3) is 0.611. The summed E-state index contributed by atoms with van der Waals surface area (Å²) >= 11 is 0. The van der Waals surface area contributed by atoms with E-state index in [4.69, 9.17) is 9.72 Å². The van der Waals surface area contributed by atoms with Crippen molar-refractivity contribution in [2.75, 3.05) is 19.7 Å². The number of piperidine rings is 1. The molecule has 0 unspecified atom stereocenters. The van der Waals surface area contributed by atoms with Gasteiger partial charge in [-0.3, -0.25) is 4.90 Å². The van der Waals surface area contributed by atoms with E-state index in [9.17, 15) is 0 Å². The van der Waals surface area contributed by atoms with Gasteiger partial charge in [-0.2, -0.15) is 4.68 Å². The van der Waals surface area contributed by atoms with Gasteiger partial charge in [0.05, 0.1) is 0 Å². The molecule has 2 aromatic heterocycles. The van der Waals surface area contributed by atoms with Gasteiger partial charge in [0, 0.05) is 38.4 Å². The van der Waals surface area contributed by atoms with Gasteiger partial charge in [0.15, 0.2) is 11.6 Å². The van der Waals surface area contributed by atoms with Crippen molar-refractivity contribution >= 4 is 0 Å². The summed E-state index contributed by atoms with van der Waals surface area (Å²) in [6, 6.07) is 6.67. The fourth-order valence-corrected chi connectivity index (χ4v) is 4.01. The Morgan fingerprint density at radius 3 is 2.96 bits per heavy atom. The minimum Gasteiger partial charge on any atom is -0.374 e. The Balaban J connectivity index is 1.50. The number of nitrogens with zero attached hydrogens (tertiary/aromatic N) is 5. The highest BCUT2D eigenvalue weighted by Gasteiger charge is 2.37. The van der Waals surface area contributed by atoms with E-state index < -0.39 is 0 Å². The van der Waals surface area contributed by atoms with Crippen LogP contribution in [0.3, 0.4) is 0 Å². The third kappa shape index (κ3) is 3.21. The average molecular weight is 327 g/mol. The van der Waals surface area contributed by atoms with Crippen LogP contribution in [0.25, 0.3) is 5.82 Å². The molecule has 2 aliphatic rings. The van der Waals surface area contributed by atoms with Crippen LogP contribution in [0.2, 0.25) is 0 Å². The molecule has 2 bridgehead atoms. The van der Waals surface area contributed by atoms with Crippen LogP contribution in [0.5, 0.6) is 0 Å². The van der Waals surface area contributed by atoms with Gasteiger partial charge in [-0.25, -0.2) is 9.97 Å². The third-order valence-corrected chi connectivity index (χ3v) is 5.16. The molecule has 3 heterocycles. The van der Waals surface area contributed by atoms with Crippen molar-refractivity contribution in [1.29, 1.82) is 0 Å². The van der Waals surface area contributed by atoms with Gasteiger partial charge < -0.3 is 4.74 Å². The second-order valence-corrected chi connectivity index (χ2v) is 6.76. The lowest BCUT2D eigenvalue weighted by Crippen LogP contribution is -2.34. The molecular formula is C18H25N5O. The predicted octanol–water partition coefficient (Wildman–Crippen LogP) is 2.23. The number of ether oxygens (including phenoxy) is 1. The van der Waals surface area contributed by atoms with E-state index in [-0.39, 0.29) is 0 Å². The van der Waals surface area contributed by atoms with Crippen molar-refractivity contribution in [1.82, 2.24) is 24.6 Å². The quantitative estimate of drug-likeness (QED) is 0.780. The van der Waals surface area contributed by atoms with E-state index in [0.717, 1.165) is 42.4 Å². The average Bonchev–Trinajstić information content (AvgIpc) is 3.34. The second-order valence-electron chi connectivity index (χ2n) is 6.76. The van der Waals surface area contributed by atoms with Gasteiger partial charge in [0.2, 0.25) is 0 Å². The van der Waals surface area contributed by atoms with E-state index in [0.29, 0.717) is 13.2 Å². The van der Waals surface area contributed by atoms with Gasteiger partial charge >= 0.3 is 0 Å². The molecule has 0 amide bonds. The zero-order valence-electron chi connectivity index (χ0n) is 14.3. The van der Waals surface area contributed by atoms with E-state index in [1.165, 1.54) is 25.8 Å². The SMILES string of the molecule is CCOCc1nc(CCN2C[C@H]3CC[C@@H]2C3)n(-c2ccccn2)n1. The largest absolute Gasteiger partial charge is 0.374 e. The van der Waals surface area contributed by atoms with E-state index in [1.807, 2.05) is 29.8 Å². The lowest BCUT2D eigenvalue weighted by molar-refractivity contribution is 0.128. The number of likely N-dealkylation sites (tertiary alicyclic amines) is 1. The molecule has 0 radical (unpaired) electrons. The van der Waals surface area contributed by atoms with E-state index in [2.05, 4.69) is 15.0 Å². The first-order valence-corrected chi connectivity index (χ1v) is 9.01. The van der Waals surface area contributed by atoms with Gasteiger partial charge in [-0.1, -0.05) is 6.07 Å². The van der Waals surface area contributed by atoms with E-state index >= 15 is 0 Å². The lowest BCUT2D eigenvalue weighted by Gasteiger charge is -2.26. The van der Waals surface area contributed by atoms with Gasteiger partial charge in [0.25, 0.3) is 0 Å². The van der Waals surface area contributed by atoms with Crippen LogP contribution >= 0.6 is 0 Å². The van der Waals surface area contributed by atoms with Crippen LogP contribution in [-0.4, -0.2) is 50.4 Å². The Bertz CT molecular complexity index is 671. The summed E-state index contributed by atoms with van der Waals surface area (Å²) in [5.74, 6) is 3.47. The number of hydrogen-bond donors (Lipinski definition) is 0. The molecule has 6 nitrogen and oxygen atoms in total. The Hall–Kier alpha value is -1.79. The van der Waals surface area contributed by atoms with Gasteiger partial charge in [0.1, 0.15) is 12.4 Å². The number of aromatic nitrogens is 4. The standard InChI is InChI=1S/C18H25N5O/c1-2-24-13-16-20-18(23(21-16)17-5-3-4-9-19-17)8-10-22-12-14-6-7-15(22)11-14/h3-5,9,14-15H,2,6-8,10-13H2,1H3/t14-,15+/m0/s1. The molecule has 1 saturated heterocycles. The van der Waals surface area contributed by atoms with Crippen molar-refractivity contribution in [2.45, 2.75) is 45.3 Å². The Morgan fingerprint density at radius 2 is 2.25 bits per heavy atom. The number of hydrogen-bond acceptors (Lipinski definition) is 5. The van der Waals surface area contributed by atoms with Crippen LogP contribution in [0.1, 0.15) is 37.8 Å². The summed E-state index contributed by atoms with van der Waals surface area (Å²) in [7, 11) is 0. The molecular weight excluding hydrogens is 302 g/mol. The zero-order chi connectivity index (χ0) is 16.4. The van der Waals surface area contributed by atoms with Crippen molar-refractivity contribution in [2.24, 2.45) is 5.92 Å². The minimum absolute atomic E-state index is 0.456. The topological polar surface area (TPSA) is 56.1 Å². The van der Waals surface area contributed by atoms with Crippen molar-refractivity contribution in [3.05, 3.63) is 36.0 Å². The second kappa shape index (κ2) is 6.99. The first kappa shape index (κ1) is 15.7. The fourth-order valence-electron chi connectivity index (χ4n) is 4.01. The molecule has 0 aromatic carbocycles. The van der Waals surface area contributed by atoms with Crippen molar-refractivity contribution < 1.29 is 4.74 Å². The first-order chi connectivity index (χ1) is 11.8. The smallest absolute Gasteiger partial charge is 0.177 e. The maximum absolute atomic E-state index is 5.47. The van der Waals surface area contributed by atoms with Crippen LogP contribution < -0.4 is 0 Å². The van der Waals surface area contributed by atoms with Gasteiger partial charge in [-0.15, -0.1) is 5.10 Å². The minimum atomic E-state index is 0.456. The molecule has 0 N–H and O–H groups in total. The molecule has 2 fully saturated rings. The van der Waals surface area contributed by atoms with Crippen LogP contribution in [0, 0.1) is 5.92 Å². The Kier molecular flexibility index (Phi) is 4.58. The van der Waals surface area contributed by atoms with Crippen molar-refractivity contribution in [3.63, 3.8) is 0 Å². The summed E-state index contributed by atoms with van der Waals surface area (Å²) in [5, 5.41) is 4.61. The molecule has 2 aromatic rings. The summed E-state index contributed by atoms with van der Waals surface area (Å²) in [6.07, 6.45) is 6.88.